The van der Waals surface area contributed by atoms with Gasteiger partial charge in [0.25, 0.3) is 0 Å². The number of rotatable bonds is 6. The first-order valence-electron chi connectivity index (χ1n) is 10.00. The SMILES string of the molecule is Nc1cnc2c(c1)N(CCN1CCCC1)CCN2CCN1CCCC1. The Morgan fingerprint density at radius 3 is 1.96 bits per heavy atom. The van der Waals surface area contributed by atoms with Crippen LogP contribution in [-0.4, -0.2) is 80.2 Å². The van der Waals surface area contributed by atoms with E-state index in [0.29, 0.717) is 0 Å². The molecule has 0 aliphatic carbocycles. The predicted octanol–water partition coefficient (Wildman–Crippen LogP) is 1.48. The second-order valence-electron chi connectivity index (χ2n) is 7.68. The summed E-state index contributed by atoms with van der Waals surface area (Å²) in [7, 11) is 0. The molecular weight excluding hydrogens is 312 g/mol. The molecule has 0 radical (unpaired) electrons. The van der Waals surface area contributed by atoms with E-state index in [1.165, 1.54) is 57.5 Å². The lowest BCUT2D eigenvalue weighted by Gasteiger charge is -2.39. The van der Waals surface area contributed by atoms with Gasteiger partial charge in [-0.1, -0.05) is 0 Å². The molecule has 0 aromatic carbocycles. The number of nitrogens with zero attached hydrogens (tertiary/aromatic N) is 5. The largest absolute Gasteiger partial charge is 0.397 e. The highest BCUT2D eigenvalue weighted by molar-refractivity contribution is 5.72. The van der Waals surface area contributed by atoms with E-state index in [1.807, 2.05) is 6.20 Å². The minimum atomic E-state index is 0.770. The van der Waals surface area contributed by atoms with Gasteiger partial charge >= 0.3 is 0 Å². The Bertz CT molecular complexity index is 565. The van der Waals surface area contributed by atoms with E-state index in [-0.39, 0.29) is 0 Å². The zero-order valence-electron chi connectivity index (χ0n) is 15.4. The maximum Gasteiger partial charge on any atom is 0.152 e. The highest BCUT2D eigenvalue weighted by Crippen LogP contribution is 2.32. The van der Waals surface area contributed by atoms with Crippen molar-refractivity contribution in [2.45, 2.75) is 25.7 Å². The van der Waals surface area contributed by atoms with Gasteiger partial charge in [0, 0.05) is 39.3 Å². The maximum absolute atomic E-state index is 6.06. The van der Waals surface area contributed by atoms with Crippen molar-refractivity contribution < 1.29 is 0 Å². The average molecular weight is 345 g/mol. The molecule has 0 amide bonds. The van der Waals surface area contributed by atoms with Crippen LogP contribution in [0.5, 0.6) is 0 Å². The molecule has 138 valence electrons. The van der Waals surface area contributed by atoms with Crippen LogP contribution in [0, 0.1) is 0 Å². The summed E-state index contributed by atoms with van der Waals surface area (Å²) >= 11 is 0. The Morgan fingerprint density at radius 1 is 0.760 bits per heavy atom. The van der Waals surface area contributed by atoms with Gasteiger partial charge < -0.3 is 25.3 Å². The van der Waals surface area contributed by atoms with E-state index in [4.69, 9.17) is 10.7 Å². The third kappa shape index (κ3) is 4.01. The number of hydrogen-bond donors (Lipinski definition) is 1. The fourth-order valence-corrected chi connectivity index (χ4v) is 4.39. The second kappa shape index (κ2) is 7.79. The fourth-order valence-electron chi connectivity index (χ4n) is 4.39. The summed E-state index contributed by atoms with van der Waals surface area (Å²) in [4.78, 5) is 14.8. The average Bonchev–Trinajstić information content (AvgIpc) is 3.32. The van der Waals surface area contributed by atoms with E-state index in [0.717, 1.165) is 50.8 Å². The number of fused-ring (bicyclic) bond motifs is 1. The number of likely N-dealkylation sites (tertiary alicyclic amines) is 2. The van der Waals surface area contributed by atoms with Crippen LogP contribution in [0.25, 0.3) is 0 Å². The van der Waals surface area contributed by atoms with Crippen molar-refractivity contribution in [1.82, 2.24) is 14.8 Å². The third-order valence-electron chi connectivity index (χ3n) is 5.92. The zero-order valence-corrected chi connectivity index (χ0v) is 15.4. The molecule has 0 bridgehead atoms. The normalized spacial score (nSPS) is 21.9. The first kappa shape index (κ1) is 16.9. The highest BCUT2D eigenvalue weighted by atomic mass is 15.3. The molecule has 4 heterocycles. The molecule has 2 N–H and O–H groups in total. The Kier molecular flexibility index (Phi) is 5.27. The zero-order chi connectivity index (χ0) is 17.1. The first-order chi connectivity index (χ1) is 12.3. The Hall–Kier alpha value is -1.53. The molecule has 0 atom stereocenters. The van der Waals surface area contributed by atoms with Gasteiger partial charge in [-0.3, -0.25) is 0 Å². The molecule has 0 saturated carbocycles. The minimum Gasteiger partial charge on any atom is -0.397 e. The van der Waals surface area contributed by atoms with Crippen molar-refractivity contribution >= 4 is 17.2 Å². The lowest BCUT2D eigenvalue weighted by Crippen LogP contribution is -2.46. The van der Waals surface area contributed by atoms with Crippen LogP contribution >= 0.6 is 0 Å². The van der Waals surface area contributed by atoms with Gasteiger partial charge in [-0.2, -0.15) is 0 Å². The van der Waals surface area contributed by atoms with Gasteiger partial charge in [0.05, 0.1) is 17.6 Å². The molecule has 2 fully saturated rings. The van der Waals surface area contributed by atoms with Crippen LogP contribution < -0.4 is 15.5 Å². The van der Waals surface area contributed by atoms with Crippen LogP contribution in [0.4, 0.5) is 17.2 Å². The fraction of sp³-hybridized carbons (Fsp3) is 0.737. The number of aromatic nitrogens is 1. The van der Waals surface area contributed by atoms with Crippen LogP contribution in [0.15, 0.2) is 12.3 Å². The first-order valence-corrected chi connectivity index (χ1v) is 10.00. The molecule has 0 unspecified atom stereocenters. The van der Waals surface area contributed by atoms with E-state index in [9.17, 15) is 0 Å². The maximum atomic E-state index is 6.06. The van der Waals surface area contributed by atoms with E-state index >= 15 is 0 Å². The lowest BCUT2D eigenvalue weighted by atomic mass is 10.2. The van der Waals surface area contributed by atoms with Gasteiger partial charge in [0.2, 0.25) is 0 Å². The molecule has 0 spiro atoms. The van der Waals surface area contributed by atoms with Gasteiger partial charge in [-0.25, -0.2) is 4.98 Å². The monoisotopic (exact) mass is 344 g/mol. The van der Waals surface area contributed by atoms with Crippen molar-refractivity contribution in [3.63, 3.8) is 0 Å². The molecule has 2 saturated heterocycles. The summed E-state index contributed by atoms with van der Waals surface area (Å²) < 4.78 is 0. The van der Waals surface area contributed by atoms with E-state index in [2.05, 4.69) is 25.7 Å². The Balaban J connectivity index is 1.41. The highest BCUT2D eigenvalue weighted by Gasteiger charge is 2.25. The van der Waals surface area contributed by atoms with Gasteiger partial charge in [-0.05, 0) is 57.9 Å². The van der Waals surface area contributed by atoms with Crippen LogP contribution in [0.3, 0.4) is 0 Å². The molecular formula is C19H32N6. The van der Waals surface area contributed by atoms with E-state index in [1.54, 1.807) is 0 Å². The smallest absolute Gasteiger partial charge is 0.152 e. The van der Waals surface area contributed by atoms with Gasteiger partial charge in [-0.15, -0.1) is 0 Å². The summed E-state index contributed by atoms with van der Waals surface area (Å²) in [5.41, 5.74) is 8.05. The molecule has 3 aliphatic rings. The van der Waals surface area contributed by atoms with Crippen molar-refractivity contribution in [2.75, 3.05) is 81.0 Å². The van der Waals surface area contributed by atoms with Crippen molar-refractivity contribution in [2.24, 2.45) is 0 Å². The van der Waals surface area contributed by atoms with Crippen molar-refractivity contribution in [3.05, 3.63) is 12.3 Å². The summed E-state index contributed by atoms with van der Waals surface area (Å²) in [5.74, 6) is 1.13. The standard InChI is InChI=1S/C19H32N6/c20-17-15-18-19(21-16-17)25(12-10-23-7-3-4-8-23)14-13-24(18)11-9-22-5-1-2-6-22/h15-16H,1-14,20H2. The number of nitrogens with two attached hydrogens (primary N) is 1. The van der Waals surface area contributed by atoms with Crippen LogP contribution in [0.2, 0.25) is 0 Å². The Labute approximate surface area is 151 Å². The number of hydrogen-bond acceptors (Lipinski definition) is 6. The number of nitrogen functional groups attached to an aromatic ring is 1. The molecule has 25 heavy (non-hydrogen) atoms. The van der Waals surface area contributed by atoms with Crippen LogP contribution in [-0.2, 0) is 0 Å². The number of anilines is 3. The number of pyridine rings is 1. The van der Waals surface area contributed by atoms with Crippen molar-refractivity contribution in [3.8, 4) is 0 Å². The quantitative estimate of drug-likeness (QED) is 0.844. The lowest BCUT2D eigenvalue weighted by molar-refractivity contribution is 0.339. The minimum absolute atomic E-state index is 0.770. The van der Waals surface area contributed by atoms with Crippen molar-refractivity contribution in [1.29, 1.82) is 0 Å². The summed E-state index contributed by atoms with van der Waals surface area (Å²) in [6.45, 7) is 11.7. The Morgan fingerprint density at radius 2 is 1.32 bits per heavy atom. The van der Waals surface area contributed by atoms with E-state index < -0.39 is 0 Å². The van der Waals surface area contributed by atoms with Gasteiger partial charge in [0.1, 0.15) is 0 Å². The summed E-state index contributed by atoms with van der Waals surface area (Å²) in [6, 6.07) is 2.12. The van der Waals surface area contributed by atoms with Crippen LogP contribution in [0.1, 0.15) is 25.7 Å². The molecule has 6 nitrogen and oxygen atoms in total. The predicted molar refractivity (Wildman–Crippen MR) is 104 cm³/mol. The molecule has 6 heteroatoms. The molecule has 1 aromatic rings. The topological polar surface area (TPSA) is 51.9 Å². The molecule has 4 rings (SSSR count). The molecule has 3 aliphatic heterocycles. The molecule has 1 aromatic heterocycles. The summed E-state index contributed by atoms with van der Waals surface area (Å²) in [6.07, 6.45) is 7.24. The summed E-state index contributed by atoms with van der Waals surface area (Å²) in [5, 5.41) is 0. The third-order valence-corrected chi connectivity index (χ3v) is 5.92. The second-order valence-corrected chi connectivity index (χ2v) is 7.68. The van der Waals surface area contributed by atoms with Gasteiger partial charge in [0.15, 0.2) is 5.82 Å².